The van der Waals surface area contributed by atoms with Crippen LogP contribution in [0.2, 0.25) is 0 Å². The molecule has 3 amide bonds. The molecule has 1 saturated heterocycles. The van der Waals surface area contributed by atoms with Gasteiger partial charge in [0.05, 0.1) is 18.6 Å². The molecule has 0 bridgehead atoms. The average Bonchev–Trinajstić information content (AvgIpc) is 3.56. The fourth-order valence-corrected chi connectivity index (χ4v) is 3.59. The predicted molar refractivity (Wildman–Crippen MR) is 134 cm³/mol. The quantitative estimate of drug-likeness (QED) is 0.297. The van der Waals surface area contributed by atoms with E-state index in [-0.39, 0.29) is 31.9 Å². The molecular weight excluding hydrogens is 468 g/mol. The summed E-state index contributed by atoms with van der Waals surface area (Å²) in [6.45, 7) is 0.119. The molecule has 0 radical (unpaired) electrons. The van der Waals surface area contributed by atoms with E-state index in [1.165, 1.54) is 16.6 Å². The Bertz CT molecular complexity index is 1120. The van der Waals surface area contributed by atoms with Crippen molar-refractivity contribution in [1.29, 1.82) is 0 Å². The van der Waals surface area contributed by atoms with E-state index < -0.39 is 18.0 Å². The number of thiol groups is 1. The molecular formula is C25H26N4O5S. The van der Waals surface area contributed by atoms with E-state index in [9.17, 15) is 14.4 Å². The lowest BCUT2D eigenvalue weighted by Gasteiger charge is -2.20. The van der Waals surface area contributed by atoms with Crippen molar-refractivity contribution in [3.8, 4) is 0 Å². The van der Waals surface area contributed by atoms with Gasteiger partial charge in [-0.2, -0.15) is 0 Å². The maximum Gasteiger partial charge on any atom is 0.412 e. The van der Waals surface area contributed by atoms with Crippen LogP contribution in [0.3, 0.4) is 0 Å². The van der Waals surface area contributed by atoms with Crippen molar-refractivity contribution in [3.63, 3.8) is 0 Å². The van der Waals surface area contributed by atoms with Crippen LogP contribution in [-0.2, 0) is 20.9 Å². The van der Waals surface area contributed by atoms with Crippen LogP contribution < -0.4 is 10.6 Å². The molecule has 2 fully saturated rings. The van der Waals surface area contributed by atoms with Crippen molar-refractivity contribution in [1.82, 2.24) is 15.5 Å². The van der Waals surface area contributed by atoms with Crippen molar-refractivity contribution < 1.29 is 23.9 Å². The first-order valence-corrected chi connectivity index (χ1v) is 11.7. The van der Waals surface area contributed by atoms with Crippen LogP contribution in [0.5, 0.6) is 0 Å². The maximum atomic E-state index is 12.6. The highest BCUT2D eigenvalue weighted by Gasteiger charge is 2.36. The van der Waals surface area contributed by atoms with Crippen molar-refractivity contribution >= 4 is 42.6 Å². The maximum absolute atomic E-state index is 12.6. The van der Waals surface area contributed by atoms with Gasteiger partial charge in [0.2, 0.25) is 5.91 Å². The molecule has 10 heteroatoms. The monoisotopic (exact) mass is 494 g/mol. The van der Waals surface area contributed by atoms with E-state index >= 15 is 0 Å². The van der Waals surface area contributed by atoms with E-state index in [1.54, 1.807) is 24.3 Å². The highest BCUT2D eigenvalue weighted by molar-refractivity contribution is 7.83. The highest BCUT2D eigenvalue weighted by Crippen LogP contribution is 2.21. The minimum absolute atomic E-state index is 0.0364. The van der Waals surface area contributed by atoms with Crippen LogP contribution in [0.15, 0.2) is 65.0 Å². The number of carbonyl (C=O) groups excluding carboxylic acids is 3. The summed E-state index contributed by atoms with van der Waals surface area (Å²) in [7, 11) is 0. The Morgan fingerprint density at radius 2 is 1.80 bits per heavy atom. The predicted octanol–water partition coefficient (Wildman–Crippen LogP) is 2.95. The molecule has 35 heavy (non-hydrogen) atoms. The molecule has 0 spiro atoms. The number of rotatable bonds is 8. The molecule has 1 heterocycles. The molecule has 0 aromatic heterocycles. The van der Waals surface area contributed by atoms with E-state index in [0.717, 1.165) is 24.0 Å². The van der Waals surface area contributed by atoms with Gasteiger partial charge < -0.3 is 20.1 Å². The number of ether oxygens (including phenoxy) is 2. The topological polar surface area (TPSA) is 109 Å². The number of nitrogens with one attached hydrogen (secondary N) is 2. The number of carbonyl (C=O) groups is 3. The molecule has 2 aromatic carbocycles. The van der Waals surface area contributed by atoms with E-state index in [0.29, 0.717) is 11.3 Å². The second-order valence-electron chi connectivity index (χ2n) is 8.13. The van der Waals surface area contributed by atoms with Crippen LogP contribution >= 0.6 is 12.6 Å². The number of nitrogens with zero attached hydrogens (tertiary/aromatic N) is 2. The molecule has 1 unspecified atom stereocenters. The Labute approximate surface area is 208 Å². The third-order valence-corrected chi connectivity index (χ3v) is 5.76. The summed E-state index contributed by atoms with van der Waals surface area (Å²) in [5.41, 5.74) is 2.63. The number of hydrogen-bond acceptors (Lipinski definition) is 7. The highest BCUT2D eigenvalue weighted by atomic mass is 32.1. The Hall–Kier alpha value is -3.63. The van der Waals surface area contributed by atoms with Crippen molar-refractivity contribution in [2.24, 2.45) is 4.99 Å². The summed E-state index contributed by atoms with van der Waals surface area (Å²) in [6.07, 6.45) is 2.65. The molecule has 1 saturated carbocycles. The molecule has 1 atom stereocenters. The Morgan fingerprint density at radius 3 is 2.49 bits per heavy atom. The number of benzene rings is 2. The van der Waals surface area contributed by atoms with Gasteiger partial charge in [-0.1, -0.05) is 42.5 Å². The van der Waals surface area contributed by atoms with Gasteiger partial charge in [0.25, 0.3) is 5.91 Å². The van der Waals surface area contributed by atoms with Crippen molar-refractivity contribution in [3.05, 3.63) is 76.7 Å². The van der Waals surface area contributed by atoms with Crippen LogP contribution in [-0.4, -0.2) is 54.6 Å². The van der Waals surface area contributed by atoms with E-state index in [1.807, 2.05) is 30.3 Å². The molecule has 9 nitrogen and oxygen atoms in total. The smallest absolute Gasteiger partial charge is 0.412 e. The lowest BCUT2D eigenvalue weighted by atomic mass is 10.1. The van der Waals surface area contributed by atoms with Gasteiger partial charge in [-0.3, -0.25) is 14.5 Å². The van der Waals surface area contributed by atoms with Gasteiger partial charge in [-0.05, 0) is 35.9 Å². The van der Waals surface area contributed by atoms with Gasteiger partial charge in [-0.25, -0.2) is 9.79 Å². The third-order valence-electron chi connectivity index (χ3n) is 5.51. The number of hydrogen-bond donors (Lipinski definition) is 3. The summed E-state index contributed by atoms with van der Waals surface area (Å²) >= 11 is 4.20. The minimum atomic E-state index is -0.836. The molecule has 1 aliphatic heterocycles. The molecule has 2 N–H and O–H groups in total. The largest absolute Gasteiger partial charge is 0.444 e. The fourth-order valence-electron chi connectivity index (χ4n) is 3.37. The minimum Gasteiger partial charge on any atom is -0.444 e. The zero-order valence-corrected chi connectivity index (χ0v) is 19.8. The Balaban J connectivity index is 1.29. The standard InChI is InChI=1S/C25H26N4O5S/c30-23(28-20-10-11-20)19-8-6-18(7-9-19)21(14-35)26-15-27-24(31)22-13-33-16-29(22)25(32)34-12-17-4-2-1-3-5-17/h1-9,14-15,20,22,35H,10-13,16H2,(H,28,30)(H,26,27,31)/b21-14-. The zero-order chi connectivity index (χ0) is 24.6. The fraction of sp³-hybridized carbons (Fsp3) is 0.280. The molecule has 2 aromatic rings. The van der Waals surface area contributed by atoms with Crippen LogP contribution in [0, 0.1) is 0 Å². The van der Waals surface area contributed by atoms with E-state index in [4.69, 9.17) is 9.47 Å². The second-order valence-corrected chi connectivity index (χ2v) is 8.39. The summed E-state index contributed by atoms with van der Waals surface area (Å²) < 4.78 is 10.6. The first kappa shape index (κ1) is 24.5. The normalized spacial score (nSPS) is 17.9. The molecule has 1 aliphatic carbocycles. The van der Waals surface area contributed by atoms with Gasteiger partial charge in [-0.15, -0.1) is 12.6 Å². The third kappa shape index (κ3) is 6.71. The number of amides is 3. The van der Waals surface area contributed by atoms with Gasteiger partial charge in [0.1, 0.15) is 19.4 Å². The Kier molecular flexibility index (Phi) is 8.17. The van der Waals surface area contributed by atoms with Gasteiger partial charge in [0.15, 0.2) is 0 Å². The van der Waals surface area contributed by atoms with Gasteiger partial charge in [0, 0.05) is 17.2 Å². The van der Waals surface area contributed by atoms with Gasteiger partial charge >= 0.3 is 6.09 Å². The summed E-state index contributed by atoms with van der Waals surface area (Å²) in [5.74, 6) is -0.551. The molecule has 2 aliphatic rings. The van der Waals surface area contributed by atoms with E-state index in [2.05, 4.69) is 28.3 Å². The second kappa shape index (κ2) is 11.7. The SMILES string of the molecule is O=C(NC1CC1)c1ccc(C(=C/S)/N=C/NC(=O)C2COCN2C(=O)OCc2ccccc2)cc1. The van der Waals surface area contributed by atoms with Crippen LogP contribution in [0.1, 0.15) is 34.3 Å². The first-order valence-electron chi connectivity index (χ1n) is 11.2. The molecule has 182 valence electrons. The summed E-state index contributed by atoms with van der Waals surface area (Å²) in [4.78, 5) is 42.7. The summed E-state index contributed by atoms with van der Waals surface area (Å²) in [6, 6.07) is 15.7. The zero-order valence-electron chi connectivity index (χ0n) is 18.9. The van der Waals surface area contributed by atoms with Crippen LogP contribution in [0.25, 0.3) is 5.70 Å². The molecule has 4 rings (SSSR count). The van der Waals surface area contributed by atoms with Crippen molar-refractivity contribution in [2.75, 3.05) is 13.3 Å². The van der Waals surface area contributed by atoms with Crippen LogP contribution in [0.4, 0.5) is 4.79 Å². The first-order chi connectivity index (χ1) is 17.0. The lowest BCUT2D eigenvalue weighted by molar-refractivity contribution is -0.123. The summed E-state index contributed by atoms with van der Waals surface area (Å²) in [5, 5.41) is 7.01. The average molecular weight is 495 g/mol. The Morgan fingerprint density at radius 1 is 1.09 bits per heavy atom. The number of aliphatic imine (C=N–C) groups is 1. The lowest BCUT2D eigenvalue weighted by Crippen LogP contribution is -2.47. The van der Waals surface area contributed by atoms with Crippen molar-refractivity contribution in [2.45, 2.75) is 31.5 Å².